The Morgan fingerprint density at radius 2 is 2.05 bits per heavy atom. The van der Waals surface area contributed by atoms with Crippen molar-refractivity contribution in [3.05, 3.63) is 45.4 Å². The van der Waals surface area contributed by atoms with Crippen LogP contribution >= 0.6 is 0 Å². The van der Waals surface area contributed by atoms with Gasteiger partial charge >= 0.3 is 5.69 Å². The predicted molar refractivity (Wildman–Crippen MR) is 77.7 cm³/mol. The number of nitrogens with zero attached hydrogens (tertiary/aromatic N) is 3. The van der Waals surface area contributed by atoms with Gasteiger partial charge in [-0.2, -0.15) is 0 Å². The van der Waals surface area contributed by atoms with Crippen LogP contribution in [-0.2, 0) is 0 Å². The second-order valence-corrected chi connectivity index (χ2v) is 4.58. The molecule has 0 saturated carbocycles. The molecule has 21 heavy (non-hydrogen) atoms. The zero-order chi connectivity index (χ0) is 15.6. The maximum Gasteiger partial charge on any atom is 0.316 e. The molecule has 110 valence electrons. The van der Waals surface area contributed by atoms with E-state index in [0.29, 0.717) is 23.6 Å². The first-order valence-electron chi connectivity index (χ1n) is 6.47. The predicted octanol–water partition coefficient (Wildman–Crippen LogP) is 3.24. The highest BCUT2D eigenvalue weighted by molar-refractivity contribution is 5.74. The summed E-state index contributed by atoms with van der Waals surface area (Å²) in [6.45, 7) is 5.72. The Morgan fingerprint density at radius 3 is 2.62 bits per heavy atom. The van der Waals surface area contributed by atoms with Crippen molar-refractivity contribution in [2.45, 2.75) is 20.8 Å². The van der Waals surface area contributed by atoms with Gasteiger partial charge < -0.3 is 5.32 Å². The summed E-state index contributed by atoms with van der Waals surface area (Å²) in [5.74, 6) is -0.0732. The number of aryl methyl sites for hydroxylation is 2. The molecular weight excluding hydrogens is 275 g/mol. The standard InChI is InChI=1S/C14H15FN4O2/c1-4-16-14-17-9(3)13(19(20)21)12(18-14)11-6-5-10(15)7-8(11)2/h5-7H,4H2,1-3H3,(H,16,17,18). The Kier molecular flexibility index (Phi) is 4.11. The molecule has 0 aliphatic rings. The van der Waals surface area contributed by atoms with E-state index in [1.54, 1.807) is 13.8 Å². The number of anilines is 1. The summed E-state index contributed by atoms with van der Waals surface area (Å²) in [6, 6.07) is 4.08. The molecule has 0 aliphatic heterocycles. The van der Waals surface area contributed by atoms with E-state index in [0.717, 1.165) is 0 Å². The largest absolute Gasteiger partial charge is 0.354 e. The van der Waals surface area contributed by atoms with Gasteiger partial charge in [-0.3, -0.25) is 10.1 Å². The summed E-state index contributed by atoms with van der Waals surface area (Å²) in [5, 5.41) is 14.2. The summed E-state index contributed by atoms with van der Waals surface area (Å²) in [4.78, 5) is 19.1. The van der Waals surface area contributed by atoms with Gasteiger partial charge in [0.25, 0.3) is 0 Å². The van der Waals surface area contributed by atoms with E-state index < -0.39 is 10.7 Å². The third-order valence-corrected chi connectivity index (χ3v) is 3.02. The first-order valence-corrected chi connectivity index (χ1v) is 6.47. The van der Waals surface area contributed by atoms with Crippen molar-refractivity contribution >= 4 is 11.6 Å². The second kappa shape index (κ2) is 5.82. The highest BCUT2D eigenvalue weighted by Gasteiger charge is 2.24. The molecule has 1 N–H and O–H groups in total. The number of hydrogen-bond donors (Lipinski definition) is 1. The third kappa shape index (κ3) is 2.96. The number of hydrogen-bond acceptors (Lipinski definition) is 5. The summed E-state index contributed by atoms with van der Waals surface area (Å²) in [6.07, 6.45) is 0. The number of halogens is 1. The molecule has 0 amide bonds. The maximum atomic E-state index is 13.2. The van der Waals surface area contributed by atoms with Crippen LogP contribution in [0.15, 0.2) is 18.2 Å². The van der Waals surface area contributed by atoms with Gasteiger partial charge in [0.2, 0.25) is 5.95 Å². The van der Waals surface area contributed by atoms with Crippen molar-refractivity contribution in [1.82, 2.24) is 9.97 Å². The molecule has 1 heterocycles. The van der Waals surface area contributed by atoms with Crippen LogP contribution in [0.1, 0.15) is 18.2 Å². The van der Waals surface area contributed by atoms with Gasteiger partial charge in [0, 0.05) is 12.1 Å². The summed E-state index contributed by atoms with van der Waals surface area (Å²) < 4.78 is 13.2. The minimum atomic E-state index is -0.511. The Bertz CT molecular complexity index is 704. The van der Waals surface area contributed by atoms with Gasteiger partial charge in [0.1, 0.15) is 11.5 Å². The van der Waals surface area contributed by atoms with E-state index in [9.17, 15) is 14.5 Å². The molecule has 0 radical (unpaired) electrons. The Balaban J connectivity index is 2.72. The topological polar surface area (TPSA) is 81.0 Å². The molecule has 0 atom stereocenters. The fourth-order valence-corrected chi connectivity index (χ4v) is 2.10. The van der Waals surface area contributed by atoms with Crippen LogP contribution in [0.5, 0.6) is 0 Å². The van der Waals surface area contributed by atoms with Gasteiger partial charge in [-0.05, 0) is 44.5 Å². The summed E-state index contributed by atoms with van der Waals surface area (Å²) >= 11 is 0. The normalized spacial score (nSPS) is 10.5. The van der Waals surface area contributed by atoms with Crippen molar-refractivity contribution in [3.8, 4) is 11.3 Å². The molecule has 2 aromatic rings. The van der Waals surface area contributed by atoms with Crippen LogP contribution in [0.2, 0.25) is 0 Å². The molecule has 2 rings (SSSR count). The average molecular weight is 290 g/mol. The Morgan fingerprint density at radius 1 is 1.33 bits per heavy atom. The number of nitrogens with one attached hydrogen (secondary N) is 1. The zero-order valence-electron chi connectivity index (χ0n) is 12.0. The molecule has 0 spiro atoms. The molecule has 0 aliphatic carbocycles. The van der Waals surface area contributed by atoms with Crippen molar-refractivity contribution in [2.75, 3.05) is 11.9 Å². The molecule has 0 saturated heterocycles. The highest BCUT2D eigenvalue weighted by atomic mass is 19.1. The van der Waals surface area contributed by atoms with Crippen LogP contribution in [-0.4, -0.2) is 21.4 Å². The monoisotopic (exact) mass is 290 g/mol. The lowest BCUT2D eigenvalue weighted by molar-refractivity contribution is -0.385. The molecule has 0 bridgehead atoms. The van der Waals surface area contributed by atoms with Crippen molar-refractivity contribution in [1.29, 1.82) is 0 Å². The fourth-order valence-electron chi connectivity index (χ4n) is 2.10. The smallest absolute Gasteiger partial charge is 0.316 e. The Labute approximate surface area is 121 Å². The third-order valence-electron chi connectivity index (χ3n) is 3.02. The number of rotatable bonds is 4. The first kappa shape index (κ1) is 14.8. The van der Waals surface area contributed by atoms with Crippen LogP contribution in [0.3, 0.4) is 0 Å². The van der Waals surface area contributed by atoms with Crippen LogP contribution in [0.25, 0.3) is 11.3 Å². The van der Waals surface area contributed by atoms with Crippen molar-refractivity contribution in [2.24, 2.45) is 0 Å². The fraction of sp³-hybridized carbons (Fsp3) is 0.286. The zero-order valence-corrected chi connectivity index (χ0v) is 12.0. The maximum absolute atomic E-state index is 13.2. The molecule has 0 fully saturated rings. The lowest BCUT2D eigenvalue weighted by atomic mass is 10.0. The first-order chi connectivity index (χ1) is 9.93. The van der Waals surface area contributed by atoms with Crippen molar-refractivity contribution in [3.63, 3.8) is 0 Å². The minimum absolute atomic E-state index is 0.161. The number of nitro groups is 1. The second-order valence-electron chi connectivity index (χ2n) is 4.58. The van der Waals surface area contributed by atoms with Gasteiger partial charge in [-0.25, -0.2) is 14.4 Å². The van der Waals surface area contributed by atoms with E-state index >= 15 is 0 Å². The SMILES string of the molecule is CCNc1nc(C)c([N+](=O)[O-])c(-c2ccc(F)cc2C)n1. The van der Waals surface area contributed by atoms with Crippen LogP contribution in [0, 0.1) is 29.8 Å². The number of benzene rings is 1. The van der Waals surface area contributed by atoms with Gasteiger partial charge in [0.15, 0.2) is 5.69 Å². The lowest BCUT2D eigenvalue weighted by Gasteiger charge is -2.10. The molecule has 1 aromatic carbocycles. The van der Waals surface area contributed by atoms with E-state index in [2.05, 4.69) is 15.3 Å². The Hall–Kier alpha value is -2.57. The molecule has 0 unspecified atom stereocenters. The van der Waals surface area contributed by atoms with Gasteiger partial charge in [0.05, 0.1) is 4.92 Å². The van der Waals surface area contributed by atoms with Crippen LogP contribution < -0.4 is 5.32 Å². The molecule has 1 aromatic heterocycles. The molecular formula is C14H15FN4O2. The molecule has 6 nitrogen and oxygen atoms in total. The van der Waals surface area contributed by atoms with Crippen molar-refractivity contribution < 1.29 is 9.31 Å². The quantitative estimate of drug-likeness (QED) is 0.690. The molecule has 7 heteroatoms. The lowest BCUT2D eigenvalue weighted by Crippen LogP contribution is -2.08. The van der Waals surface area contributed by atoms with Crippen LogP contribution in [0.4, 0.5) is 16.0 Å². The van der Waals surface area contributed by atoms with Gasteiger partial charge in [-0.1, -0.05) is 0 Å². The van der Waals surface area contributed by atoms with E-state index in [4.69, 9.17) is 0 Å². The summed E-state index contributed by atoms with van der Waals surface area (Å²) in [7, 11) is 0. The number of aromatic nitrogens is 2. The van der Waals surface area contributed by atoms with E-state index in [-0.39, 0.29) is 17.1 Å². The van der Waals surface area contributed by atoms with Gasteiger partial charge in [-0.15, -0.1) is 0 Å². The highest BCUT2D eigenvalue weighted by Crippen LogP contribution is 2.33. The average Bonchev–Trinajstić information content (AvgIpc) is 2.37. The minimum Gasteiger partial charge on any atom is -0.354 e. The van der Waals surface area contributed by atoms with E-state index in [1.807, 2.05) is 6.92 Å². The van der Waals surface area contributed by atoms with E-state index in [1.165, 1.54) is 18.2 Å². The summed E-state index contributed by atoms with van der Waals surface area (Å²) in [5.41, 5.74) is 1.41.